The number of nitrogens with one attached hydrogen (secondary N) is 1. The van der Waals surface area contributed by atoms with Crippen molar-refractivity contribution in [3.63, 3.8) is 0 Å². The van der Waals surface area contributed by atoms with E-state index in [0.717, 1.165) is 22.3 Å². The van der Waals surface area contributed by atoms with Crippen molar-refractivity contribution < 1.29 is 9.84 Å². The molecular formula is C34H37N3O3. The van der Waals surface area contributed by atoms with Gasteiger partial charge in [-0.1, -0.05) is 64.1 Å². The van der Waals surface area contributed by atoms with E-state index in [1.807, 2.05) is 84.0 Å². The molecule has 2 heterocycles. The lowest BCUT2D eigenvalue weighted by Crippen LogP contribution is -2.25. The normalized spacial score (nSPS) is 17.5. The van der Waals surface area contributed by atoms with E-state index in [-0.39, 0.29) is 18.1 Å². The van der Waals surface area contributed by atoms with Gasteiger partial charge in [0.05, 0.1) is 5.56 Å². The van der Waals surface area contributed by atoms with Crippen LogP contribution in [-0.2, 0) is 12.2 Å². The van der Waals surface area contributed by atoms with Gasteiger partial charge < -0.3 is 14.8 Å². The predicted octanol–water partition coefficient (Wildman–Crippen LogP) is 7.40. The second kappa shape index (κ2) is 13.5. The number of hydrogen-bond acceptors (Lipinski definition) is 5. The molecule has 1 atom stereocenters. The van der Waals surface area contributed by atoms with Gasteiger partial charge in [-0.3, -0.25) is 9.79 Å². The summed E-state index contributed by atoms with van der Waals surface area (Å²) in [5.41, 5.74) is 3.51. The van der Waals surface area contributed by atoms with Gasteiger partial charge in [0.1, 0.15) is 24.0 Å². The smallest absolute Gasteiger partial charge is 0.249 e. The number of H-pyrrole nitrogens is 1. The highest BCUT2D eigenvalue weighted by molar-refractivity contribution is 5.80. The van der Waals surface area contributed by atoms with Crippen molar-refractivity contribution in [2.24, 2.45) is 10.9 Å². The van der Waals surface area contributed by atoms with Crippen LogP contribution in [-0.4, -0.2) is 16.3 Å². The number of nitrogens with zero attached hydrogens (tertiary/aromatic N) is 2. The number of aromatic amines is 1. The maximum atomic E-state index is 12.6. The standard InChI is InChI=1S/C32H31N3O3.C2H6/c1-5-7-29-27-12-13-32(37,22(4)19-34-18-21(2)3)26-11-10-25(17-33)30(15-26)38-20-23-8-6-9-24(14-23)28(27)16-31(36)35-29;1-2/h5-16,18-19,21,37H,20H2,1-4H3,(H,35,36);1-2H3/b7-5-,13-12+,22-19+,34-18?;. The number of pyridine rings is 1. The molecule has 2 aromatic carbocycles. The Morgan fingerprint density at radius 2 is 1.98 bits per heavy atom. The van der Waals surface area contributed by atoms with Crippen molar-refractivity contribution in [2.45, 2.75) is 53.8 Å². The Kier molecular flexibility index (Phi) is 10.2. The molecule has 2 N–H and O–H groups in total. The van der Waals surface area contributed by atoms with E-state index in [0.29, 0.717) is 28.1 Å². The minimum atomic E-state index is -1.58. The van der Waals surface area contributed by atoms with E-state index in [2.05, 4.69) is 16.0 Å². The average Bonchev–Trinajstić information content (AvgIpc) is 2.96. The van der Waals surface area contributed by atoms with Crippen molar-refractivity contribution in [1.82, 2.24) is 4.98 Å². The lowest BCUT2D eigenvalue weighted by molar-refractivity contribution is 0.130. The van der Waals surface area contributed by atoms with Crippen LogP contribution >= 0.6 is 0 Å². The fourth-order valence-corrected chi connectivity index (χ4v) is 4.35. The van der Waals surface area contributed by atoms with Gasteiger partial charge in [-0.25, -0.2) is 0 Å². The van der Waals surface area contributed by atoms with Crippen LogP contribution in [0.2, 0.25) is 0 Å². The number of nitriles is 1. The Morgan fingerprint density at radius 1 is 1.20 bits per heavy atom. The van der Waals surface area contributed by atoms with Gasteiger partial charge >= 0.3 is 0 Å². The van der Waals surface area contributed by atoms with Gasteiger partial charge in [-0.15, -0.1) is 0 Å². The number of aliphatic hydroxyl groups is 1. The van der Waals surface area contributed by atoms with Crippen molar-refractivity contribution in [3.8, 4) is 22.9 Å². The van der Waals surface area contributed by atoms with Crippen LogP contribution in [0.1, 0.15) is 69.5 Å². The van der Waals surface area contributed by atoms with E-state index in [1.54, 1.807) is 42.8 Å². The van der Waals surface area contributed by atoms with Crippen LogP contribution in [0.3, 0.4) is 0 Å². The average molecular weight is 536 g/mol. The number of aromatic nitrogens is 1. The summed E-state index contributed by atoms with van der Waals surface area (Å²) in [4.78, 5) is 19.9. The highest BCUT2D eigenvalue weighted by Crippen LogP contribution is 2.37. The van der Waals surface area contributed by atoms with Crippen molar-refractivity contribution >= 4 is 18.4 Å². The van der Waals surface area contributed by atoms with Gasteiger partial charge in [0.2, 0.25) is 5.56 Å². The zero-order valence-electron chi connectivity index (χ0n) is 24.0. The third-order valence-corrected chi connectivity index (χ3v) is 6.37. The van der Waals surface area contributed by atoms with E-state index in [1.165, 1.54) is 0 Å². The number of rotatable bonds is 4. The zero-order chi connectivity index (χ0) is 29.3. The summed E-state index contributed by atoms with van der Waals surface area (Å²) in [5, 5.41) is 21.9. The molecule has 0 spiro atoms. The molecule has 206 valence electrons. The van der Waals surface area contributed by atoms with Gasteiger partial charge in [0.15, 0.2) is 0 Å². The van der Waals surface area contributed by atoms with E-state index >= 15 is 0 Å². The topological polar surface area (TPSA) is 98.5 Å². The molecule has 0 saturated carbocycles. The third kappa shape index (κ3) is 6.74. The molecule has 0 aliphatic carbocycles. The Balaban J connectivity index is 0.00000216. The second-order valence-corrected chi connectivity index (χ2v) is 9.64. The second-order valence-electron chi connectivity index (χ2n) is 9.64. The van der Waals surface area contributed by atoms with Crippen LogP contribution in [0.5, 0.6) is 5.75 Å². The van der Waals surface area contributed by atoms with Crippen LogP contribution in [0.4, 0.5) is 0 Å². The minimum Gasteiger partial charge on any atom is -0.488 e. The van der Waals surface area contributed by atoms with E-state index in [4.69, 9.17) is 4.74 Å². The number of hydrogen-bond donors (Lipinski definition) is 2. The van der Waals surface area contributed by atoms with E-state index in [9.17, 15) is 15.2 Å². The Hall–Kier alpha value is -4.47. The first-order valence-electron chi connectivity index (χ1n) is 13.5. The molecule has 1 aliphatic rings. The molecule has 1 aromatic heterocycles. The zero-order valence-corrected chi connectivity index (χ0v) is 24.0. The molecular weight excluding hydrogens is 498 g/mol. The molecule has 3 aromatic rings. The highest BCUT2D eigenvalue weighted by Gasteiger charge is 2.30. The molecule has 6 nitrogen and oxygen atoms in total. The summed E-state index contributed by atoms with van der Waals surface area (Å²) in [6, 6.07) is 16.6. The molecule has 0 saturated heterocycles. The monoisotopic (exact) mass is 535 g/mol. The first-order chi connectivity index (χ1) is 19.2. The van der Waals surface area contributed by atoms with Gasteiger partial charge in [-0.05, 0) is 77.9 Å². The van der Waals surface area contributed by atoms with Crippen molar-refractivity contribution in [3.05, 3.63) is 111 Å². The maximum absolute atomic E-state index is 12.6. The van der Waals surface area contributed by atoms with Crippen LogP contribution in [0, 0.1) is 17.2 Å². The number of ether oxygens (including phenoxy) is 1. The highest BCUT2D eigenvalue weighted by atomic mass is 16.5. The predicted molar refractivity (Wildman–Crippen MR) is 164 cm³/mol. The first kappa shape index (κ1) is 30.1. The summed E-state index contributed by atoms with van der Waals surface area (Å²) in [7, 11) is 0. The van der Waals surface area contributed by atoms with Gasteiger partial charge in [-0.2, -0.15) is 5.26 Å². The summed E-state index contributed by atoms with van der Waals surface area (Å²) in [6.07, 6.45) is 10.7. The molecule has 40 heavy (non-hydrogen) atoms. The lowest BCUT2D eigenvalue weighted by Gasteiger charge is -2.27. The number of allylic oxidation sites excluding steroid dienone is 1. The number of benzene rings is 2. The lowest BCUT2D eigenvalue weighted by atomic mass is 9.85. The fraction of sp³-hybridized carbons (Fsp3) is 0.265. The minimum absolute atomic E-state index is 0.214. The SMILES string of the molecule is C/C=C\c1[nH]c(=O)cc2c1/C=C/C(O)(/C(C)=C/N=CC(C)C)c1ccc(C#N)c(c1)OCc1cccc-2c1.CC. The fourth-order valence-electron chi connectivity index (χ4n) is 4.35. The van der Waals surface area contributed by atoms with Gasteiger partial charge in [0, 0.05) is 29.7 Å². The summed E-state index contributed by atoms with van der Waals surface area (Å²) < 4.78 is 6.09. The summed E-state index contributed by atoms with van der Waals surface area (Å²) in [6.45, 7) is 12.0. The van der Waals surface area contributed by atoms with Crippen LogP contribution in [0.15, 0.2) is 82.2 Å². The largest absolute Gasteiger partial charge is 0.488 e. The first-order valence-corrected chi connectivity index (χ1v) is 13.5. The Labute approximate surface area is 236 Å². The molecule has 0 fully saturated rings. The quantitative estimate of drug-likeness (QED) is 0.340. The van der Waals surface area contributed by atoms with Gasteiger partial charge in [0.25, 0.3) is 0 Å². The molecule has 4 rings (SSSR count). The molecule has 0 radical (unpaired) electrons. The maximum Gasteiger partial charge on any atom is 0.249 e. The van der Waals surface area contributed by atoms with E-state index < -0.39 is 5.60 Å². The molecule has 1 aliphatic heterocycles. The van der Waals surface area contributed by atoms with Crippen LogP contribution in [0.25, 0.3) is 23.3 Å². The number of aliphatic imine (C=N–C) groups is 1. The summed E-state index contributed by atoms with van der Waals surface area (Å²) in [5.74, 6) is 0.628. The molecule has 0 amide bonds. The Bertz CT molecular complexity index is 1570. The molecule has 4 bridgehead atoms. The Morgan fingerprint density at radius 3 is 2.67 bits per heavy atom. The number of fused-ring (bicyclic) bond motifs is 6. The van der Waals surface area contributed by atoms with Crippen LogP contribution < -0.4 is 10.3 Å². The third-order valence-electron chi connectivity index (χ3n) is 6.37. The molecule has 6 heteroatoms. The van der Waals surface area contributed by atoms with Crippen molar-refractivity contribution in [1.29, 1.82) is 5.26 Å². The molecule has 1 unspecified atom stereocenters. The van der Waals surface area contributed by atoms with Crippen molar-refractivity contribution in [2.75, 3.05) is 0 Å². The summed E-state index contributed by atoms with van der Waals surface area (Å²) >= 11 is 0.